The van der Waals surface area contributed by atoms with Crippen LogP contribution in [0.25, 0.3) is 0 Å². The molecule has 1 unspecified atom stereocenters. The number of ether oxygens (including phenoxy) is 1. The van der Waals surface area contributed by atoms with Gasteiger partial charge in [-0.3, -0.25) is 9.79 Å². The number of piperidine rings is 1. The van der Waals surface area contributed by atoms with Gasteiger partial charge in [-0.15, -0.1) is 0 Å². The lowest BCUT2D eigenvalue weighted by Gasteiger charge is -2.47. The van der Waals surface area contributed by atoms with Crippen molar-refractivity contribution in [1.82, 2.24) is 4.90 Å². The van der Waals surface area contributed by atoms with E-state index >= 15 is 0 Å². The topological polar surface area (TPSA) is 80.3 Å². The molecule has 1 amide bonds. The van der Waals surface area contributed by atoms with Crippen LogP contribution in [0.15, 0.2) is 88.8 Å². The number of aliphatic imine (C=N–C) groups is 2. The standard InChI is InChI=1S/C39H49FN4O2/c40-36-18-14-32(15-19-36)26-34(11-7-10-31-16-20-37(21-17-31)46-27-33-8-3-1-4-9-33)38(45)44-24-22-39(23-25-44,28-42-30-43-29-41)35-12-5-2-6-13-35/h1,3-4,8-9,14-21,29-30,34-35H,2,5-7,10-13,22-28H2,(H2,41,42,43). The van der Waals surface area contributed by atoms with Gasteiger partial charge >= 0.3 is 0 Å². The van der Waals surface area contributed by atoms with Crippen molar-refractivity contribution >= 4 is 18.6 Å². The van der Waals surface area contributed by atoms with E-state index in [2.05, 4.69) is 39.2 Å². The van der Waals surface area contributed by atoms with Crippen molar-refractivity contribution < 1.29 is 13.9 Å². The molecule has 0 aromatic heterocycles. The van der Waals surface area contributed by atoms with Gasteiger partial charge in [0.25, 0.3) is 0 Å². The summed E-state index contributed by atoms with van der Waals surface area (Å²) in [6, 6.07) is 25.1. The highest BCUT2D eigenvalue weighted by Gasteiger charge is 2.43. The van der Waals surface area contributed by atoms with Gasteiger partial charge in [0.2, 0.25) is 5.91 Å². The maximum Gasteiger partial charge on any atom is 0.226 e. The Bertz CT molecular complexity index is 1390. The van der Waals surface area contributed by atoms with Crippen LogP contribution in [0, 0.1) is 23.1 Å². The quantitative estimate of drug-likeness (QED) is 0.147. The van der Waals surface area contributed by atoms with Gasteiger partial charge < -0.3 is 15.4 Å². The van der Waals surface area contributed by atoms with Gasteiger partial charge in [0.15, 0.2) is 0 Å². The Kier molecular flexibility index (Phi) is 12.4. The molecule has 1 atom stereocenters. The third-order valence-corrected chi connectivity index (χ3v) is 10.1. The number of aryl methyl sites for hydroxylation is 1. The second-order valence-corrected chi connectivity index (χ2v) is 13.1. The van der Waals surface area contributed by atoms with E-state index in [0.29, 0.717) is 18.9 Å². The minimum absolute atomic E-state index is 0.112. The molecule has 3 aromatic rings. The molecule has 2 N–H and O–H groups in total. The summed E-state index contributed by atoms with van der Waals surface area (Å²) >= 11 is 0. The summed E-state index contributed by atoms with van der Waals surface area (Å²) in [5.74, 6) is 1.32. The number of amides is 1. The van der Waals surface area contributed by atoms with Crippen molar-refractivity contribution in [2.24, 2.45) is 33.0 Å². The first-order valence-electron chi connectivity index (χ1n) is 17.1. The third kappa shape index (κ3) is 9.51. The van der Waals surface area contributed by atoms with E-state index in [1.165, 1.54) is 56.1 Å². The Labute approximate surface area is 274 Å². The van der Waals surface area contributed by atoms with Crippen molar-refractivity contribution in [2.75, 3.05) is 19.6 Å². The summed E-state index contributed by atoms with van der Waals surface area (Å²) in [5.41, 5.74) is 8.91. The average Bonchev–Trinajstić information content (AvgIpc) is 3.11. The zero-order chi connectivity index (χ0) is 32.0. The molecule has 3 aromatic carbocycles. The lowest BCUT2D eigenvalue weighted by Crippen LogP contribution is -2.49. The fraction of sp³-hybridized carbons (Fsp3) is 0.462. The largest absolute Gasteiger partial charge is 0.489 e. The fourth-order valence-corrected chi connectivity index (χ4v) is 7.41. The molecule has 0 bridgehead atoms. The molecule has 244 valence electrons. The Morgan fingerprint density at radius 1 is 0.935 bits per heavy atom. The second-order valence-electron chi connectivity index (χ2n) is 13.1. The van der Waals surface area contributed by atoms with Gasteiger partial charge in [-0.2, -0.15) is 0 Å². The van der Waals surface area contributed by atoms with Crippen molar-refractivity contribution in [1.29, 1.82) is 0 Å². The van der Waals surface area contributed by atoms with Crippen LogP contribution in [0.5, 0.6) is 5.75 Å². The number of nitrogens with zero attached hydrogens (tertiary/aromatic N) is 3. The number of hydrogen-bond acceptors (Lipinski definition) is 3. The first-order chi connectivity index (χ1) is 22.5. The minimum Gasteiger partial charge on any atom is -0.489 e. The molecule has 46 heavy (non-hydrogen) atoms. The SMILES string of the molecule is NC=NC=NCC1(C2CCCCC2)CCN(C(=O)C(CCCc2ccc(OCc3ccccc3)cc2)Cc2ccc(F)cc2)CC1. The van der Waals surface area contributed by atoms with Gasteiger partial charge in [-0.25, -0.2) is 9.38 Å². The van der Waals surface area contributed by atoms with Crippen LogP contribution in [0.4, 0.5) is 4.39 Å². The molecule has 1 aliphatic carbocycles. The molecule has 6 nitrogen and oxygen atoms in total. The maximum absolute atomic E-state index is 14.1. The van der Waals surface area contributed by atoms with Gasteiger partial charge in [-0.1, -0.05) is 73.9 Å². The normalized spacial score (nSPS) is 17.8. The molecule has 1 saturated heterocycles. The van der Waals surface area contributed by atoms with Gasteiger partial charge in [0, 0.05) is 25.6 Å². The summed E-state index contributed by atoms with van der Waals surface area (Å²) in [4.78, 5) is 24.8. The number of rotatable bonds is 14. The Morgan fingerprint density at radius 3 is 2.33 bits per heavy atom. The van der Waals surface area contributed by atoms with E-state index < -0.39 is 0 Å². The van der Waals surface area contributed by atoms with Crippen LogP contribution in [-0.4, -0.2) is 43.1 Å². The average molecular weight is 625 g/mol. The number of hydrogen-bond donors (Lipinski definition) is 1. The predicted molar refractivity (Wildman–Crippen MR) is 185 cm³/mol. The summed E-state index contributed by atoms with van der Waals surface area (Å²) < 4.78 is 19.6. The van der Waals surface area contributed by atoms with E-state index in [4.69, 9.17) is 10.5 Å². The molecule has 1 heterocycles. The van der Waals surface area contributed by atoms with Crippen LogP contribution in [0.1, 0.15) is 74.5 Å². The monoisotopic (exact) mass is 624 g/mol. The molecule has 7 heteroatoms. The highest BCUT2D eigenvalue weighted by atomic mass is 19.1. The maximum atomic E-state index is 14.1. The van der Waals surface area contributed by atoms with Crippen LogP contribution in [-0.2, 0) is 24.2 Å². The number of carbonyl (C=O) groups excluding carboxylic acids is 1. The van der Waals surface area contributed by atoms with E-state index in [9.17, 15) is 9.18 Å². The number of benzene rings is 3. The van der Waals surface area contributed by atoms with Crippen molar-refractivity contribution in [3.05, 3.63) is 101 Å². The van der Waals surface area contributed by atoms with Crippen LogP contribution in [0.3, 0.4) is 0 Å². The van der Waals surface area contributed by atoms with E-state index in [0.717, 1.165) is 68.6 Å². The van der Waals surface area contributed by atoms with E-state index in [1.54, 1.807) is 6.34 Å². The first-order valence-corrected chi connectivity index (χ1v) is 17.1. The van der Waals surface area contributed by atoms with Crippen LogP contribution >= 0.6 is 0 Å². The summed E-state index contributed by atoms with van der Waals surface area (Å²) in [7, 11) is 0. The first kappa shape index (κ1) is 33.4. The van der Waals surface area contributed by atoms with E-state index in [-0.39, 0.29) is 23.1 Å². The summed E-state index contributed by atoms with van der Waals surface area (Å²) in [5, 5.41) is 0. The zero-order valence-corrected chi connectivity index (χ0v) is 27.0. The Balaban J connectivity index is 1.19. The smallest absolute Gasteiger partial charge is 0.226 e. The lowest BCUT2D eigenvalue weighted by molar-refractivity contribution is -0.139. The fourth-order valence-electron chi connectivity index (χ4n) is 7.41. The second kappa shape index (κ2) is 17.1. The minimum atomic E-state index is -0.252. The zero-order valence-electron chi connectivity index (χ0n) is 27.0. The highest BCUT2D eigenvalue weighted by Crippen LogP contribution is 2.46. The van der Waals surface area contributed by atoms with E-state index in [1.807, 2.05) is 42.5 Å². The predicted octanol–water partition coefficient (Wildman–Crippen LogP) is 7.79. The van der Waals surface area contributed by atoms with Crippen molar-refractivity contribution in [3.8, 4) is 5.75 Å². The molecule has 2 aliphatic rings. The molecular weight excluding hydrogens is 575 g/mol. The molecule has 2 fully saturated rings. The van der Waals surface area contributed by atoms with Crippen molar-refractivity contribution in [2.45, 2.75) is 77.2 Å². The highest BCUT2D eigenvalue weighted by molar-refractivity contribution is 5.79. The Morgan fingerprint density at radius 2 is 1.63 bits per heavy atom. The molecule has 1 saturated carbocycles. The molecule has 5 rings (SSSR count). The Hall–Kier alpha value is -4.00. The van der Waals surface area contributed by atoms with Gasteiger partial charge in [-0.05, 0) is 104 Å². The number of carbonyl (C=O) groups is 1. The lowest BCUT2D eigenvalue weighted by atomic mass is 9.63. The van der Waals surface area contributed by atoms with Crippen LogP contribution in [0.2, 0.25) is 0 Å². The number of halogens is 1. The molecule has 1 aliphatic heterocycles. The van der Waals surface area contributed by atoms with Crippen LogP contribution < -0.4 is 10.5 Å². The summed E-state index contributed by atoms with van der Waals surface area (Å²) in [6.45, 7) is 2.80. The van der Waals surface area contributed by atoms with Gasteiger partial charge in [0.05, 0.1) is 6.34 Å². The molecule has 0 radical (unpaired) electrons. The molecule has 0 spiro atoms. The van der Waals surface area contributed by atoms with Gasteiger partial charge in [0.1, 0.15) is 24.5 Å². The summed E-state index contributed by atoms with van der Waals surface area (Å²) in [6.07, 6.45) is 14.4. The number of nitrogens with two attached hydrogens (primary N) is 1. The van der Waals surface area contributed by atoms with Crippen molar-refractivity contribution in [3.63, 3.8) is 0 Å². The molecular formula is C39H49FN4O2. The number of likely N-dealkylation sites (tertiary alicyclic amines) is 1. The third-order valence-electron chi connectivity index (χ3n) is 10.1.